The van der Waals surface area contributed by atoms with Crippen LogP contribution in [-0.2, 0) is 0 Å². The van der Waals surface area contributed by atoms with E-state index in [-0.39, 0.29) is 11.3 Å². The Bertz CT molecular complexity index is 679. The lowest BCUT2D eigenvalue weighted by Gasteiger charge is -2.13. The van der Waals surface area contributed by atoms with Crippen molar-refractivity contribution in [3.8, 4) is 6.07 Å². The highest BCUT2D eigenvalue weighted by Gasteiger charge is 2.20. The quantitative estimate of drug-likeness (QED) is 0.836. The molecule has 0 atom stereocenters. The predicted molar refractivity (Wildman–Crippen MR) is 66.4 cm³/mol. The normalized spacial score (nSPS) is 15.4. The molecule has 0 saturated carbocycles. The molecule has 0 saturated heterocycles. The topological polar surface area (TPSA) is 49.0 Å². The van der Waals surface area contributed by atoms with Gasteiger partial charge in [-0.2, -0.15) is 5.26 Å². The molecule has 1 aromatic carbocycles. The zero-order valence-corrected chi connectivity index (χ0v) is 9.66. The first-order valence-corrected chi connectivity index (χ1v) is 5.82. The predicted octanol–water partition coefficient (Wildman–Crippen LogP) is 2.82. The summed E-state index contributed by atoms with van der Waals surface area (Å²) in [6, 6.07) is 6.76. The third-order valence-corrected chi connectivity index (χ3v) is 3.12. The van der Waals surface area contributed by atoms with Crippen molar-refractivity contribution in [1.82, 2.24) is 5.32 Å². The summed E-state index contributed by atoms with van der Waals surface area (Å²) in [6.07, 6.45) is 2.98. The molecule has 3 rings (SSSR count). The molecular weight excluding hydrogens is 231 g/mol. The van der Waals surface area contributed by atoms with E-state index in [1.807, 2.05) is 6.07 Å². The number of fused-ring (bicyclic) bond motifs is 1. The van der Waals surface area contributed by atoms with E-state index in [0.29, 0.717) is 11.9 Å². The highest BCUT2D eigenvalue weighted by atomic mass is 19.1. The summed E-state index contributed by atoms with van der Waals surface area (Å²) in [5.41, 5.74) is 1.89. The number of nitrogens with zero attached hydrogens (tertiary/aromatic N) is 1. The van der Waals surface area contributed by atoms with Crippen molar-refractivity contribution in [2.45, 2.75) is 6.42 Å². The van der Waals surface area contributed by atoms with Crippen molar-refractivity contribution >= 4 is 16.5 Å². The van der Waals surface area contributed by atoms with E-state index in [1.165, 1.54) is 6.07 Å². The van der Waals surface area contributed by atoms with Crippen LogP contribution in [0.25, 0.3) is 16.5 Å². The maximum Gasteiger partial charge on any atom is 0.212 e. The highest BCUT2D eigenvalue weighted by Crippen LogP contribution is 2.33. The van der Waals surface area contributed by atoms with Crippen molar-refractivity contribution in [2.75, 3.05) is 13.1 Å². The summed E-state index contributed by atoms with van der Waals surface area (Å²) in [7, 11) is 0. The smallest absolute Gasteiger partial charge is 0.212 e. The molecule has 0 radical (unpaired) electrons. The van der Waals surface area contributed by atoms with Crippen LogP contribution in [0.3, 0.4) is 0 Å². The fourth-order valence-corrected chi connectivity index (χ4v) is 2.32. The second kappa shape index (κ2) is 4.28. The van der Waals surface area contributed by atoms with Gasteiger partial charge in [0.1, 0.15) is 6.07 Å². The fourth-order valence-electron chi connectivity index (χ4n) is 2.32. The number of nitrogens with one attached hydrogen (secondary N) is 1. The summed E-state index contributed by atoms with van der Waals surface area (Å²) in [6.45, 7) is 1.61. The number of nitriles is 1. The first kappa shape index (κ1) is 11.0. The van der Waals surface area contributed by atoms with Gasteiger partial charge in [0.2, 0.25) is 5.76 Å². The van der Waals surface area contributed by atoms with Crippen molar-refractivity contribution in [3.63, 3.8) is 0 Å². The van der Waals surface area contributed by atoms with Crippen LogP contribution >= 0.6 is 0 Å². The van der Waals surface area contributed by atoms with E-state index in [9.17, 15) is 4.39 Å². The van der Waals surface area contributed by atoms with Gasteiger partial charge in [-0.3, -0.25) is 0 Å². The lowest BCUT2D eigenvalue weighted by molar-refractivity contribution is 0.550. The monoisotopic (exact) mass is 242 g/mol. The Labute approximate surface area is 104 Å². The molecular formula is C14H11FN2O. The maximum absolute atomic E-state index is 13.6. The zero-order chi connectivity index (χ0) is 12.5. The molecule has 1 N–H and O–H groups in total. The molecule has 0 amide bonds. The summed E-state index contributed by atoms with van der Waals surface area (Å²) in [5.74, 6) is -0.246. The Balaban J connectivity index is 2.30. The number of rotatable bonds is 1. The van der Waals surface area contributed by atoms with E-state index in [2.05, 4.69) is 11.4 Å². The average molecular weight is 242 g/mol. The molecule has 2 heterocycles. The third kappa shape index (κ3) is 1.60. The van der Waals surface area contributed by atoms with Crippen LogP contribution in [0.1, 0.15) is 17.7 Å². The number of furan rings is 1. The van der Waals surface area contributed by atoms with E-state index < -0.39 is 5.82 Å². The number of para-hydroxylation sites is 1. The third-order valence-electron chi connectivity index (χ3n) is 3.12. The molecule has 3 nitrogen and oxygen atoms in total. The molecule has 4 heteroatoms. The van der Waals surface area contributed by atoms with Gasteiger partial charge in [-0.1, -0.05) is 18.2 Å². The minimum absolute atomic E-state index is 0.163. The van der Waals surface area contributed by atoms with Crippen LogP contribution in [0.2, 0.25) is 0 Å². The fraction of sp³-hybridized carbons (Fsp3) is 0.214. The van der Waals surface area contributed by atoms with E-state index in [4.69, 9.17) is 9.68 Å². The van der Waals surface area contributed by atoms with Crippen LogP contribution < -0.4 is 5.32 Å². The summed E-state index contributed by atoms with van der Waals surface area (Å²) in [4.78, 5) is 0. The van der Waals surface area contributed by atoms with Gasteiger partial charge in [0.25, 0.3) is 0 Å². The molecule has 90 valence electrons. The molecule has 2 aromatic rings. The molecule has 0 bridgehead atoms. The van der Waals surface area contributed by atoms with Gasteiger partial charge in [-0.25, -0.2) is 4.39 Å². The molecule has 1 aliphatic heterocycles. The lowest BCUT2D eigenvalue weighted by Crippen LogP contribution is -2.21. The van der Waals surface area contributed by atoms with Crippen molar-refractivity contribution in [1.29, 1.82) is 5.26 Å². The number of halogens is 1. The highest BCUT2D eigenvalue weighted by molar-refractivity contribution is 5.94. The lowest BCUT2D eigenvalue weighted by atomic mass is 9.99. The number of hydrogen-bond donors (Lipinski definition) is 1. The SMILES string of the molecule is N#Cc1oc2c(F)cccc2c1C1=CCCNC1. The molecule has 0 fully saturated rings. The minimum Gasteiger partial charge on any atom is -0.442 e. The Morgan fingerprint density at radius 3 is 3.00 bits per heavy atom. The van der Waals surface area contributed by atoms with Crippen molar-refractivity contribution < 1.29 is 8.81 Å². The Morgan fingerprint density at radius 2 is 2.28 bits per heavy atom. The number of hydrogen-bond acceptors (Lipinski definition) is 3. The molecule has 0 aliphatic carbocycles. The maximum atomic E-state index is 13.6. The summed E-state index contributed by atoms with van der Waals surface area (Å²) >= 11 is 0. The van der Waals surface area contributed by atoms with Crippen LogP contribution in [0, 0.1) is 17.1 Å². The number of benzene rings is 1. The largest absolute Gasteiger partial charge is 0.442 e. The van der Waals surface area contributed by atoms with Gasteiger partial charge < -0.3 is 9.73 Å². The van der Waals surface area contributed by atoms with Gasteiger partial charge in [0.05, 0.1) is 0 Å². The van der Waals surface area contributed by atoms with Gasteiger partial charge in [-0.05, 0) is 24.6 Å². The van der Waals surface area contributed by atoms with Crippen LogP contribution in [0.15, 0.2) is 28.7 Å². The molecule has 1 aliphatic rings. The van der Waals surface area contributed by atoms with E-state index >= 15 is 0 Å². The Morgan fingerprint density at radius 1 is 1.39 bits per heavy atom. The summed E-state index contributed by atoms with van der Waals surface area (Å²) in [5, 5.41) is 13.0. The zero-order valence-electron chi connectivity index (χ0n) is 9.66. The second-order valence-corrected chi connectivity index (χ2v) is 4.23. The standard InChI is InChI=1S/C14H11FN2O/c15-11-5-1-4-10-13(9-3-2-6-17-8-9)12(7-16)18-14(10)11/h1,3-5,17H,2,6,8H2. The van der Waals surface area contributed by atoms with Gasteiger partial charge >= 0.3 is 0 Å². The van der Waals surface area contributed by atoms with Crippen molar-refractivity contribution in [2.24, 2.45) is 0 Å². The molecule has 0 unspecified atom stereocenters. The second-order valence-electron chi connectivity index (χ2n) is 4.23. The first-order valence-electron chi connectivity index (χ1n) is 5.82. The molecule has 1 aromatic heterocycles. The first-order chi connectivity index (χ1) is 8.81. The average Bonchev–Trinajstić information content (AvgIpc) is 2.80. The van der Waals surface area contributed by atoms with Crippen LogP contribution in [-0.4, -0.2) is 13.1 Å². The van der Waals surface area contributed by atoms with Gasteiger partial charge in [0, 0.05) is 17.5 Å². The Hall–Kier alpha value is -2.12. The van der Waals surface area contributed by atoms with Gasteiger partial charge in [0.15, 0.2) is 11.4 Å². The Kier molecular flexibility index (Phi) is 2.62. The van der Waals surface area contributed by atoms with Gasteiger partial charge in [-0.15, -0.1) is 0 Å². The van der Waals surface area contributed by atoms with E-state index in [0.717, 1.165) is 24.1 Å². The minimum atomic E-state index is -0.431. The van der Waals surface area contributed by atoms with E-state index in [1.54, 1.807) is 12.1 Å². The summed E-state index contributed by atoms with van der Waals surface area (Å²) < 4.78 is 19.0. The molecule has 18 heavy (non-hydrogen) atoms. The van der Waals surface area contributed by atoms with Crippen LogP contribution in [0.4, 0.5) is 4.39 Å². The van der Waals surface area contributed by atoms with Crippen molar-refractivity contribution in [3.05, 3.63) is 41.4 Å². The van der Waals surface area contributed by atoms with Crippen LogP contribution in [0.5, 0.6) is 0 Å². The molecule has 0 spiro atoms.